The van der Waals surface area contributed by atoms with Crippen LogP contribution in [0.3, 0.4) is 0 Å². The Balaban J connectivity index is 0.00000180. The standard InChI is InChI=1S/C15H31N3.2ClH/c1-3-18(4-2)15-8-12-17(13-15)11-7-14-5-9-16-10-6-14;;/h14-16H,3-13H2,1-2H3;2*1H. The summed E-state index contributed by atoms with van der Waals surface area (Å²) in [7, 11) is 0. The number of hydrogen-bond donors (Lipinski definition) is 1. The van der Waals surface area contributed by atoms with Crippen LogP contribution in [0, 0.1) is 5.92 Å². The lowest BCUT2D eigenvalue weighted by Gasteiger charge is -2.27. The van der Waals surface area contributed by atoms with Gasteiger partial charge in [0.2, 0.25) is 0 Å². The number of halogens is 2. The molecular weight excluding hydrogens is 293 g/mol. The summed E-state index contributed by atoms with van der Waals surface area (Å²) in [6.07, 6.45) is 5.60. The van der Waals surface area contributed by atoms with Gasteiger partial charge in [-0.3, -0.25) is 4.90 Å². The first-order valence-electron chi connectivity index (χ1n) is 8.00. The highest BCUT2D eigenvalue weighted by molar-refractivity contribution is 5.85. The van der Waals surface area contributed by atoms with Gasteiger partial charge >= 0.3 is 0 Å². The third kappa shape index (κ3) is 6.07. The van der Waals surface area contributed by atoms with Gasteiger partial charge in [0.25, 0.3) is 0 Å². The predicted octanol–water partition coefficient (Wildman–Crippen LogP) is 2.64. The minimum atomic E-state index is 0. The van der Waals surface area contributed by atoms with Crippen LogP contribution in [-0.4, -0.2) is 61.7 Å². The SMILES string of the molecule is CCN(CC)C1CCN(CCC2CCNCC2)C1.Cl.Cl. The van der Waals surface area contributed by atoms with Gasteiger partial charge in [-0.05, 0) is 70.9 Å². The highest BCUT2D eigenvalue weighted by Crippen LogP contribution is 2.20. The van der Waals surface area contributed by atoms with E-state index in [9.17, 15) is 0 Å². The van der Waals surface area contributed by atoms with Gasteiger partial charge in [-0.1, -0.05) is 13.8 Å². The maximum atomic E-state index is 3.46. The lowest BCUT2D eigenvalue weighted by molar-refractivity contribution is 0.204. The minimum Gasteiger partial charge on any atom is -0.317 e. The molecule has 0 bridgehead atoms. The molecule has 2 rings (SSSR count). The lowest BCUT2D eigenvalue weighted by Crippen LogP contribution is -2.37. The zero-order chi connectivity index (χ0) is 12.8. The van der Waals surface area contributed by atoms with Gasteiger partial charge in [0.15, 0.2) is 0 Å². The zero-order valence-corrected chi connectivity index (χ0v) is 14.8. The number of likely N-dealkylation sites (tertiary alicyclic amines) is 1. The third-order valence-corrected chi connectivity index (χ3v) is 4.89. The minimum absolute atomic E-state index is 0. The molecule has 0 amide bonds. The average Bonchev–Trinajstić information content (AvgIpc) is 2.88. The van der Waals surface area contributed by atoms with Gasteiger partial charge < -0.3 is 10.2 Å². The quantitative estimate of drug-likeness (QED) is 0.809. The van der Waals surface area contributed by atoms with Crippen molar-refractivity contribution in [3.05, 3.63) is 0 Å². The Hall–Kier alpha value is 0.460. The van der Waals surface area contributed by atoms with E-state index in [4.69, 9.17) is 0 Å². The number of likely N-dealkylation sites (N-methyl/N-ethyl adjacent to an activating group) is 1. The summed E-state index contributed by atoms with van der Waals surface area (Å²) in [4.78, 5) is 5.33. The van der Waals surface area contributed by atoms with Gasteiger partial charge in [-0.15, -0.1) is 24.8 Å². The number of hydrogen-bond acceptors (Lipinski definition) is 3. The van der Waals surface area contributed by atoms with Crippen LogP contribution < -0.4 is 5.32 Å². The molecule has 1 N–H and O–H groups in total. The summed E-state index contributed by atoms with van der Waals surface area (Å²) >= 11 is 0. The Bertz CT molecular complexity index is 231. The Morgan fingerprint density at radius 2 is 1.70 bits per heavy atom. The average molecular weight is 326 g/mol. The first-order valence-corrected chi connectivity index (χ1v) is 8.00. The van der Waals surface area contributed by atoms with E-state index in [0.717, 1.165) is 12.0 Å². The normalized spacial score (nSPS) is 24.4. The van der Waals surface area contributed by atoms with Crippen LogP contribution in [0.4, 0.5) is 0 Å². The fourth-order valence-corrected chi connectivity index (χ4v) is 3.59. The van der Waals surface area contributed by atoms with E-state index in [0.29, 0.717) is 0 Å². The fraction of sp³-hybridized carbons (Fsp3) is 1.00. The van der Waals surface area contributed by atoms with Gasteiger partial charge in [0.05, 0.1) is 0 Å². The monoisotopic (exact) mass is 325 g/mol. The van der Waals surface area contributed by atoms with E-state index in [1.807, 2.05) is 0 Å². The van der Waals surface area contributed by atoms with Gasteiger partial charge in [-0.2, -0.15) is 0 Å². The molecule has 2 aliphatic heterocycles. The molecule has 3 nitrogen and oxygen atoms in total. The van der Waals surface area contributed by atoms with Crippen LogP contribution >= 0.6 is 24.8 Å². The second-order valence-electron chi connectivity index (χ2n) is 5.95. The Kier molecular flexibility index (Phi) is 11.3. The summed E-state index contributed by atoms with van der Waals surface area (Å²) in [6, 6.07) is 0.827. The maximum absolute atomic E-state index is 3.46. The molecule has 0 aromatic carbocycles. The first kappa shape index (κ1) is 20.5. The van der Waals surface area contributed by atoms with Crippen LogP contribution in [0.15, 0.2) is 0 Å². The molecular formula is C15H33Cl2N3. The zero-order valence-electron chi connectivity index (χ0n) is 13.1. The maximum Gasteiger partial charge on any atom is 0.0235 e. The van der Waals surface area contributed by atoms with E-state index < -0.39 is 0 Å². The van der Waals surface area contributed by atoms with Crippen molar-refractivity contribution in [2.45, 2.75) is 45.6 Å². The lowest BCUT2D eigenvalue weighted by atomic mass is 9.94. The Morgan fingerprint density at radius 3 is 2.30 bits per heavy atom. The number of piperidine rings is 1. The Labute approximate surface area is 137 Å². The molecule has 20 heavy (non-hydrogen) atoms. The summed E-state index contributed by atoms with van der Waals surface area (Å²) in [5.41, 5.74) is 0. The fourth-order valence-electron chi connectivity index (χ4n) is 3.59. The van der Waals surface area contributed by atoms with E-state index >= 15 is 0 Å². The molecule has 122 valence electrons. The van der Waals surface area contributed by atoms with Crippen molar-refractivity contribution in [1.29, 1.82) is 0 Å². The molecule has 0 aliphatic carbocycles. The van der Waals surface area contributed by atoms with Crippen molar-refractivity contribution in [1.82, 2.24) is 15.1 Å². The van der Waals surface area contributed by atoms with E-state index in [-0.39, 0.29) is 24.8 Å². The molecule has 1 unspecified atom stereocenters. The summed E-state index contributed by atoms with van der Waals surface area (Å²) in [5.74, 6) is 0.985. The van der Waals surface area contributed by atoms with Crippen molar-refractivity contribution in [3.8, 4) is 0 Å². The second kappa shape index (κ2) is 11.1. The van der Waals surface area contributed by atoms with Crippen LogP contribution in [0.25, 0.3) is 0 Å². The van der Waals surface area contributed by atoms with Crippen molar-refractivity contribution in [2.24, 2.45) is 5.92 Å². The van der Waals surface area contributed by atoms with Gasteiger partial charge in [0, 0.05) is 12.6 Å². The third-order valence-electron chi connectivity index (χ3n) is 4.89. The van der Waals surface area contributed by atoms with Crippen LogP contribution in [-0.2, 0) is 0 Å². The molecule has 0 aromatic rings. The largest absolute Gasteiger partial charge is 0.317 e. The highest BCUT2D eigenvalue weighted by Gasteiger charge is 2.26. The number of nitrogens with one attached hydrogen (secondary N) is 1. The topological polar surface area (TPSA) is 18.5 Å². The molecule has 1 atom stereocenters. The molecule has 2 fully saturated rings. The molecule has 0 saturated carbocycles. The van der Waals surface area contributed by atoms with Crippen molar-refractivity contribution in [3.63, 3.8) is 0 Å². The summed E-state index contributed by atoms with van der Waals surface area (Å²) in [5, 5.41) is 3.46. The summed E-state index contributed by atoms with van der Waals surface area (Å²) in [6.45, 7) is 13.5. The molecule has 0 spiro atoms. The van der Waals surface area contributed by atoms with Crippen LogP contribution in [0.2, 0.25) is 0 Å². The van der Waals surface area contributed by atoms with Crippen LogP contribution in [0.1, 0.15) is 39.5 Å². The molecule has 2 saturated heterocycles. The summed E-state index contributed by atoms with van der Waals surface area (Å²) < 4.78 is 0. The molecule has 2 aliphatic rings. The molecule has 0 radical (unpaired) electrons. The molecule has 5 heteroatoms. The first-order chi connectivity index (χ1) is 8.83. The predicted molar refractivity (Wildman–Crippen MR) is 92.5 cm³/mol. The second-order valence-corrected chi connectivity index (χ2v) is 5.95. The molecule has 0 aromatic heterocycles. The van der Waals surface area contributed by atoms with Crippen molar-refractivity contribution < 1.29 is 0 Å². The Morgan fingerprint density at radius 1 is 1.05 bits per heavy atom. The highest BCUT2D eigenvalue weighted by atomic mass is 35.5. The van der Waals surface area contributed by atoms with E-state index in [1.165, 1.54) is 71.5 Å². The molecule has 2 heterocycles. The number of rotatable bonds is 6. The van der Waals surface area contributed by atoms with Crippen LogP contribution in [0.5, 0.6) is 0 Å². The number of nitrogens with zero attached hydrogens (tertiary/aromatic N) is 2. The van der Waals surface area contributed by atoms with E-state index in [2.05, 4.69) is 29.0 Å². The smallest absolute Gasteiger partial charge is 0.0235 e. The van der Waals surface area contributed by atoms with Gasteiger partial charge in [0.1, 0.15) is 0 Å². The van der Waals surface area contributed by atoms with Gasteiger partial charge in [-0.25, -0.2) is 0 Å². The van der Waals surface area contributed by atoms with Crippen molar-refractivity contribution in [2.75, 3.05) is 45.8 Å². The van der Waals surface area contributed by atoms with E-state index in [1.54, 1.807) is 0 Å². The van der Waals surface area contributed by atoms with Crippen molar-refractivity contribution >= 4 is 24.8 Å².